The van der Waals surface area contributed by atoms with Gasteiger partial charge in [-0.3, -0.25) is 0 Å². The lowest BCUT2D eigenvalue weighted by molar-refractivity contribution is 1.17. The van der Waals surface area contributed by atoms with Gasteiger partial charge in [-0.25, -0.2) is 0 Å². The van der Waals surface area contributed by atoms with Crippen molar-refractivity contribution in [1.82, 2.24) is 3.53 Å². The van der Waals surface area contributed by atoms with Gasteiger partial charge in [0.2, 0.25) is 0 Å². The third kappa shape index (κ3) is 3.07. The minimum Gasteiger partial charge on any atom is -0.329 e. The number of allylic oxidation sites excluding steroid dienone is 2. The molecule has 0 bridgehead atoms. The Kier molecular flexibility index (Phi) is 5.16. The van der Waals surface area contributed by atoms with Gasteiger partial charge in [-0.05, 0) is 12.5 Å². The maximum Gasteiger partial charge on any atom is 0.0560 e. The topological polar surface area (TPSA) is 12.0 Å². The van der Waals surface area contributed by atoms with E-state index in [1.165, 1.54) is 0 Å². The van der Waals surface area contributed by atoms with E-state index in [1.54, 1.807) is 6.08 Å². The van der Waals surface area contributed by atoms with Gasteiger partial charge in [0.25, 0.3) is 0 Å². The Morgan fingerprint density at radius 3 is 2.62 bits per heavy atom. The summed E-state index contributed by atoms with van der Waals surface area (Å²) in [6.45, 7) is 5.71. The van der Waals surface area contributed by atoms with E-state index >= 15 is 0 Å². The highest BCUT2D eigenvalue weighted by Crippen LogP contribution is 1.94. The Morgan fingerprint density at radius 1 is 1.88 bits per heavy atom. The molecule has 2 heteroatoms. The first kappa shape index (κ1) is 8.01. The molecule has 1 nitrogen and oxygen atoms in total. The van der Waals surface area contributed by atoms with E-state index in [4.69, 9.17) is 0 Å². The minimum absolute atomic E-state index is 1.05. The molecule has 0 heterocycles. The van der Waals surface area contributed by atoms with Gasteiger partial charge in [0, 0.05) is 5.70 Å². The Hall–Kier alpha value is 0.0100. The van der Waals surface area contributed by atoms with Crippen LogP contribution < -0.4 is 3.53 Å². The second kappa shape index (κ2) is 5.15. The first-order valence-corrected chi connectivity index (χ1v) is 3.62. The summed E-state index contributed by atoms with van der Waals surface area (Å²) < 4.78 is 2.97. The quantitative estimate of drug-likeness (QED) is 0.440. The van der Waals surface area contributed by atoms with Crippen molar-refractivity contribution in [1.29, 1.82) is 0 Å². The summed E-state index contributed by atoms with van der Waals surface area (Å²) in [5, 5.41) is 0. The van der Waals surface area contributed by atoms with Crippen molar-refractivity contribution < 1.29 is 0 Å². The van der Waals surface area contributed by atoms with E-state index in [9.17, 15) is 0 Å². The fourth-order valence-electron chi connectivity index (χ4n) is 0.380. The van der Waals surface area contributed by atoms with Gasteiger partial charge in [0.1, 0.15) is 0 Å². The predicted octanol–water partition coefficient (Wildman–Crippen LogP) is 2.41. The van der Waals surface area contributed by atoms with Crippen LogP contribution in [-0.2, 0) is 0 Å². The molecule has 0 rings (SSSR count). The summed E-state index contributed by atoms with van der Waals surface area (Å²) in [5.74, 6) is 0. The minimum atomic E-state index is 1.05. The molecule has 0 aromatic heterocycles. The van der Waals surface area contributed by atoms with E-state index in [0.717, 1.165) is 12.1 Å². The van der Waals surface area contributed by atoms with Crippen LogP contribution in [-0.4, -0.2) is 0 Å². The van der Waals surface area contributed by atoms with Crippen LogP contribution in [0.4, 0.5) is 0 Å². The summed E-state index contributed by atoms with van der Waals surface area (Å²) in [6, 6.07) is 0. The van der Waals surface area contributed by atoms with E-state index in [0.29, 0.717) is 0 Å². The fraction of sp³-hybridized carbons (Fsp3) is 0.333. The zero-order valence-electron chi connectivity index (χ0n) is 4.95. The van der Waals surface area contributed by atoms with Crippen molar-refractivity contribution >= 4 is 22.9 Å². The maximum absolute atomic E-state index is 3.61. The van der Waals surface area contributed by atoms with E-state index < -0.39 is 0 Å². The van der Waals surface area contributed by atoms with Gasteiger partial charge in [0.05, 0.1) is 22.9 Å². The SMILES string of the molecule is C=C/C(=C\CC)NI. The van der Waals surface area contributed by atoms with Crippen LogP contribution >= 0.6 is 22.9 Å². The summed E-state index contributed by atoms with van der Waals surface area (Å²) in [5.41, 5.74) is 1.09. The number of hydrogen-bond acceptors (Lipinski definition) is 1. The third-order valence-corrected chi connectivity index (χ3v) is 1.38. The van der Waals surface area contributed by atoms with Crippen molar-refractivity contribution in [3.63, 3.8) is 0 Å². The third-order valence-electron chi connectivity index (χ3n) is 0.753. The molecule has 0 radical (unpaired) electrons. The molecule has 46 valence electrons. The molecule has 0 saturated carbocycles. The summed E-state index contributed by atoms with van der Waals surface area (Å²) in [4.78, 5) is 0. The van der Waals surface area contributed by atoms with Crippen LogP contribution in [0.1, 0.15) is 13.3 Å². The van der Waals surface area contributed by atoms with Crippen LogP contribution in [0.25, 0.3) is 0 Å². The summed E-state index contributed by atoms with van der Waals surface area (Å²) >= 11 is 2.08. The molecule has 0 fully saturated rings. The molecule has 0 aliphatic rings. The van der Waals surface area contributed by atoms with Crippen molar-refractivity contribution in [3.05, 3.63) is 24.4 Å². The maximum atomic E-state index is 3.61. The van der Waals surface area contributed by atoms with Gasteiger partial charge in [-0.2, -0.15) is 0 Å². The molecule has 0 aromatic carbocycles. The average Bonchev–Trinajstić information content (AvgIpc) is 1.83. The molecule has 0 amide bonds. The molecule has 0 atom stereocenters. The largest absolute Gasteiger partial charge is 0.329 e. The number of halogens is 1. The molecule has 0 aliphatic heterocycles. The molecular weight excluding hydrogens is 213 g/mol. The molecule has 0 aromatic rings. The van der Waals surface area contributed by atoms with E-state index in [2.05, 4.69) is 46.0 Å². The van der Waals surface area contributed by atoms with Crippen LogP contribution in [0.3, 0.4) is 0 Å². The lowest BCUT2D eigenvalue weighted by Gasteiger charge is -1.93. The second-order valence-corrected chi connectivity index (χ2v) is 1.91. The standard InChI is InChI=1S/C6H10IN/c1-3-5-6(4-2)8-7/h4-5,8H,2-3H2,1H3/b6-5+. The molecule has 0 spiro atoms. The Balaban J connectivity index is 3.66. The molecule has 1 N–H and O–H groups in total. The fourth-order valence-corrected chi connectivity index (χ4v) is 0.821. The molecule has 0 aliphatic carbocycles. The Morgan fingerprint density at radius 2 is 2.50 bits per heavy atom. The van der Waals surface area contributed by atoms with Gasteiger partial charge in [-0.15, -0.1) is 0 Å². The lowest BCUT2D eigenvalue weighted by atomic mass is 10.3. The molecular formula is C6H10IN. The highest BCUT2D eigenvalue weighted by atomic mass is 127. The molecule has 8 heavy (non-hydrogen) atoms. The molecule has 0 unspecified atom stereocenters. The number of rotatable bonds is 3. The Bertz CT molecular complexity index is 96.7. The summed E-state index contributed by atoms with van der Waals surface area (Å²) in [7, 11) is 0. The van der Waals surface area contributed by atoms with Gasteiger partial charge in [0.15, 0.2) is 0 Å². The van der Waals surface area contributed by atoms with E-state index in [1.807, 2.05) is 0 Å². The smallest absolute Gasteiger partial charge is 0.0560 e. The van der Waals surface area contributed by atoms with Crippen molar-refractivity contribution in [2.45, 2.75) is 13.3 Å². The zero-order chi connectivity index (χ0) is 6.41. The van der Waals surface area contributed by atoms with Crippen LogP contribution in [0.15, 0.2) is 24.4 Å². The van der Waals surface area contributed by atoms with Crippen LogP contribution in [0.2, 0.25) is 0 Å². The average molecular weight is 223 g/mol. The normalized spacial score (nSPS) is 11.0. The van der Waals surface area contributed by atoms with Gasteiger partial charge >= 0.3 is 0 Å². The van der Waals surface area contributed by atoms with Gasteiger partial charge < -0.3 is 3.53 Å². The van der Waals surface area contributed by atoms with Crippen molar-refractivity contribution in [2.75, 3.05) is 0 Å². The van der Waals surface area contributed by atoms with Crippen molar-refractivity contribution in [2.24, 2.45) is 0 Å². The highest BCUT2D eigenvalue weighted by molar-refractivity contribution is 14.1. The van der Waals surface area contributed by atoms with Crippen LogP contribution in [0, 0.1) is 0 Å². The monoisotopic (exact) mass is 223 g/mol. The number of hydrogen-bond donors (Lipinski definition) is 1. The zero-order valence-corrected chi connectivity index (χ0v) is 7.10. The first-order chi connectivity index (χ1) is 3.85. The van der Waals surface area contributed by atoms with Crippen molar-refractivity contribution in [3.8, 4) is 0 Å². The lowest BCUT2D eigenvalue weighted by Crippen LogP contribution is -1.92. The number of nitrogens with one attached hydrogen (secondary N) is 1. The summed E-state index contributed by atoms with van der Waals surface area (Å²) in [6.07, 6.45) is 4.94. The molecule has 0 saturated heterocycles. The first-order valence-electron chi connectivity index (χ1n) is 2.54. The van der Waals surface area contributed by atoms with E-state index in [-0.39, 0.29) is 0 Å². The second-order valence-electron chi connectivity index (χ2n) is 1.37. The van der Waals surface area contributed by atoms with Crippen LogP contribution in [0.5, 0.6) is 0 Å². The highest BCUT2D eigenvalue weighted by Gasteiger charge is 1.79. The van der Waals surface area contributed by atoms with Gasteiger partial charge in [-0.1, -0.05) is 19.6 Å². The predicted molar refractivity (Wildman–Crippen MR) is 45.7 cm³/mol. The Labute approximate surface area is 64.4 Å².